The molecular weight excluding hydrogens is 140 g/mol. The van der Waals surface area contributed by atoms with Gasteiger partial charge in [-0.1, -0.05) is 0 Å². The Balaban J connectivity index is 1.95. The average molecular weight is 158 g/mol. The van der Waals surface area contributed by atoms with E-state index in [-0.39, 0.29) is 5.54 Å². The van der Waals surface area contributed by atoms with Crippen molar-refractivity contribution in [3.63, 3.8) is 0 Å². The normalized spacial score (nSPS) is 19.9. The summed E-state index contributed by atoms with van der Waals surface area (Å²) in [6.45, 7) is 6.82. The van der Waals surface area contributed by atoms with Crippen molar-refractivity contribution >= 4 is 0 Å². The van der Waals surface area contributed by atoms with E-state index < -0.39 is 0 Å². The second-order valence-corrected chi connectivity index (χ2v) is 3.93. The van der Waals surface area contributed by atoms with Crippen molar-refractivity contribution in [1.82, 2.24) is 5.32 Å². The molecule has 0 aromatic carbocycles. The first-order chi connectivity index (χ1) is 5.08. The molecule has 1 heterocycles. The zero-order chi connectivity index (χ0) is 8.32. The van der Waals surface area contributed by atoms with Crippen LogP contribution in [0.4, 0.5) is 0 Å². The summed E-state index contributed by atoms with van der Waals surface area (Å²) < 4.78 is 5.02. The molecule has 1 aliphatic rings. The van der Waals surface area contributed by atoms with Crippen molar-refractivity contribution in [2.24, 2.45) is 5.73 Å². The molecule has 3 heteroatoms. The molecule has 1 saturated heterocycles. The van der Waals surface area contributed by atoms with Gasteiger partial charge >= 0.3 is 0 Å². The molecule has 0 amide bonds. The van der Waals surface area contributed by atoms with Gasteiger partial charge in [0.25, 0.3) is 0 Å². The molecule has 3 nitrogen and oxygen atoms in total. The standard InChI is InChI=1S/C8H18N2O/c1-8(2,9)3-4-10-7-5-11-6-7/h7,10H,3-6,9H2,1-2H3. The number of nitrogens with one attached hydrogen (secondary N) is 1. The van der Waals surface area contributed by atoms with E-state index in [4.69, 9.17) is 10.5 Å². The second kappa shape index (κ2) is 3.52. The van der Waals surface area contributed by atoms with Gasteiger partial charge in [0, 0.05) is 5.54 Å². The molecule has 0 radical (unpaired) electrons. The average Bonchev–Trinajstić information content (AvgIpc) is 1.73. The predicted molar refractivity (Wildman–Crippen MR) is 45.5 cm³/mol. The Hall–Kier alpha value is -0.120. The third kappa shape index (κ3) is 3.70. The van der Waals surface area contributed by atoms with Crippen LogP contribution in [0.3, 0.4) is 0 Å². The van der Waals surface area contributed by atoms with Gasteiger partial charge in [0.15, 0.2) is 0 Å². The molecule has 1 fully saturated rings. The van der Waals surface area contributed by atoms with Crippen molar-refractivity contribution in [2.45, 2.75) is 31.8 Å². The lowest BCUT2D eigenvalue weighted by molar-refractivity contribution is -0.00537. The summed E-state index contributed by atoms with van der Waals surface area (Å²) in [5, 5.41) is 3.37. The predicted octanol–water partition coefficient (Wildman–Crippen LogP) is 0.102. The number of hydrogen-bond donors (Lipinski definition) is 2. The van der Waals surface area contributed by atoms with E-state index in [1.165, 1.54) is 0 Å². The largest absolute Gasteiger partial charge is 0.378 e. The van der Waals surface area contributed by atoms with Gasteiger partial charge in [-0.15, -0.1) is 0 Å². The van der Waals surface area contributed by atoms with Gasteiger partial charge in [-0.3, -0.25) is 0 Å². The minimum absolute atomic E-state index is 0.0440. The number of ether oxygens (including phenoxy) is 1. The van der Waals surface area contributed by atoms with Crippen LogP contribution >= 0.6 is 0 Å². The van der Waals surface area contributed by atoms with Crippen LogP contribution in [0.1, 0.15) is 20.3 Å². The van der Waals surface area contributed by atoms with E-state index in [1.54, 1.807) is 0 Å². The Morgan fingerprint density at radius 3 is 2.55 bits per heavy atom. The van der Waals surface area contributed by atoms with Gasteiger partial charge in [0.1, 0.15) is 0 Å². The minimum Gasteiger partial charge on any atom is -0.378 e. The van der Waals surface area contributed by atoms with Crippen molar-refractivity contribution in [3.8, 4) is 0 Å². The van der Waals surface area contributed by atoms with E-state index in [2.05, 4.69) is 5.32 Å². The summed E-state index contributed by atoms with van der Waals surface area (Å²) >= 11 is 0. The van der Waals surface area contributed by atoms with Crippen molar-refractivity contribution in [3.05, 3.63) is 0 Å². The van der Waals surface area contributed by atoms with Crippen LogP contribution in [0.2, 0.25) is 0 Å². The first-order valence-corrected chi connectivity index (χ1v) is 4.18. The minimum atomic E-state index is -0.0440. The molecule has 0 saturated carbocycles. The highest BCUT2D eigenvalue weighted by molar-refractivity contribution is 4.77. The van der Waals surface area contributed by atoms with Gasteiger partial charge in [-0.25, -0.2) is 0 Å². The zero-order valence-corrected chi connectivity index (χ0v) is 7.39. The summed E-state index contributed by atoms with van der Waals surface area (Å²) in [7, 11) is 0. The molecule has 0 unspecified atom stereocenters. The van der Waals surface area contributed by atoms with Gasteiger partial charge in [-0.05, 0) is 26.8 Å². The molecular formula is C8H18N2O. The highest BCUT2D eigenvalue weighted by Gasteiger charge is 2.18. The summed E-state index contributed by atoms with van der Waals surface area (Å²) in [6, 6.07) is 0.581. The monoisotopic (exact) mass is 158 g/mol. The second-order valence-electron chi connectivity index (χ2n) is 3.93. The lowest BCUT2D eigenvalue weighted by atomic mass is 10.0. The van der Waals surface area contributed by atoms with E-state index >= 15 is 0 Å². The van der Waals surface area contributed by atoms with Crippen LogP contribution in [0.25, 0.3) is 0 Å². The number of nitrogens with two attached hydrogens (primary N) is 1. The molecule has 0 atom stereocenters. The van der Waals surface area contributed by atoms with Crippen LogP contribution in [-0.2, 0) is 4.74 Å². The molecule has 0 aromatic heterocycles. The first kappa shape index (κ1) is 8.97. The molecule has 0 spiro atoms. The van der Waals surface area contributed by atoms with Crippen LogP contribution in [-0.4, -0.2) is 31.3 Å². The molecule has 3 N–H and O–H groups in total. The maximum Gasteiger partial charge on any atom is 0.0643 e. The highest BCUT2D eigenvalue weighted by Crippen LogP contribution is 2.04. The van der Waals surface area contributed by atoms with Crippen molar-refractivity contribution in [1.29, 1.82) is 0 Å². The fourth-order valence-corrected chi connectivity index (χ4v) is 0.952. The number of hydrogen-bond acceptors (Lipinski definition) is 3. The molecule has 66 valence electrons. The summed E-state index contributed by atoms with van der Waals surface area (Å²) in [5.41, 5.74) is 5.77. The van der Waals surface area contributed by atoms with Crippen LogP contribution in [0, 0.1) is 0 Å². The summed E-state index contributed by atoms with van der Waals surface area (Å²) in [5.74, 6) is 0. The Morgan fingerprint density at radius 2 is 2.18 bits per heavy atom. The van der Waals surface area contributed by atoms with Crippen LogP contribution < -0.4 is 11.1 Å². The fraction of sp³-hybridized carbons (Fsp3) is 1.00. The lowest BCUT2D eigenvalue weighted by Crippen LogP contribution is -2.48. The van der Waals surface area contributed by atoms with E-state index in [0.29, 0.717) is 6.04 Å². The van der Waals surface area contributed by atoms with Crippen LogP contribution in [0.5, 0.6) is 0 Å². The summed E-state index contributed by atoms with van der Waals surface area (Å²) in [4.78, 5) is 0. The Bertz CT molecular complexity index is 116. The Labute approximate surface area is 68.3 Å². The van der Waals surface area contributed by atoms with Gasteiger partial charge in [0.05, 0.1) is 19.3 Å². The third-order valence-electron chi connectivity index (χ3n) is 1.84. The van der Waals surface area contributed by atoms with Gasteiger partial charge in [0.2, 0.25) is 0 Å². The van der Waals surface area contributed by atoms with Gasteiger partial charge < -0.3 is 15.8 Å². The molecule has 1 rings (SSSR count). The van der Waals surface area contributed by atoms with Gasteiger partial charge in [-0.2, -0.15) is 0 Å². The van der Waals surface area contributed by atoms with E-state index in [9.17, 15) is 0 Å². The molecule has 1 aliphatic heterocycles. The molecule has 0 aromatic rings. The van der Waals surface area contributed by atoms with E-state index in [0.717, 1.165) is 26.2 Å². The molecule has 0 aliphatic carbocycles. The first-order valence-electron chi connectivity index (χ1n) is 4.18. The summed E-state index contributed by atoms with van der Waals surface area (Å²) in [6.07, 6.45) is 1.02. The Kier molecular flexibility index (Phi) is 2.87. The SMILES string of the molecule is CC(C)(N)CCNC1COC1. The van der Waals surface area contributed by atoms with Crippen molar-refractivity contribution < 1.29 is 4.74 Å². The van der Waals surface area contributed by atoms with Crippen molar-refractivity contribution in [2.75, 3.05) is 19.8 Å². The topological polar surface area (TPSA) is 47.3 Å². The third-order valence-corrected chi connectivity index (χ3v) is 1.84. The van der Waals surface area contributed by atoms with Crippen LogP contribution in [0.15, 0.2) is 0 Å². The highest BCUT2D eigenvalue weighted by atomic mass is 16.5. The Morgan fingerprint density at radius 1 is 1.55 bits per heavy atom. The zero-order valence-electron chi connectivity index (χ0n) is 7.39. The lowest BCUT2D eigenvalue weighted by Gasteiger charge is -2.28. The number of rotatable bonds is 4. The molecule has 0 bridgehead atoms. The fourth-order valence-electron chi connectivity index (χ4n) is 0.952. The molecule has 11 heavy (non-hydrogen) atoms. The maximum absolute atomic E-state index is 5.81. The maximum atomic E-state index is 5.81. The van der Waals surface area contributed by atoms with E-state index in [1.807, 2.05) is 13.8 Å². The quantitative estimate of drug-likeness (QED) is 0.610. The smallest absolute Gasteiger partial charge is 0.0643 e.